The Balaban J connectivity index is 1.60. The molecule has 0 bridgehead atoms. The molecule has 0 aliphatic heterocycles. The van der Waals surface area contributed by atoms with Gasteiger partial charge in [-0.15, -0.1) is 0 Å². The first-order valence-corrected chi connectivity index (χ1v) is 8.63. The smallest absolute Gasteiger partial charge is 0.252 e. The van der Waals surface area contributed by atoms with Crippen LogP contribution in [-0.2, 0) is 17.7 Å². The maximum absolute atomic E-state index is 12.3. The summed E-state index contributed by atoms with van der Waals surface area (Å²) in [5.74, 6) is -0.183. The zero-order chi connectivity index (χ0) is 18.4. The third kappa shape index (κ3) is 4.37. The summed E-state index contributed by atoms with van der Waals surface area (Å²) in [7, 11) is 1.58. The molecule has 0 saturated carbocycles. The lowest BCUT2D eigenvalue weighted by Crippen LogP contribution is -2.28. The number of benzene rings is 2. The Bertz CT molecular complexity index is 963. The Labute approximate surface area is 152 Å². The van der Waals surface area contributed by atoms with Crippen molar-refractivity contribution in [3.63, 3.8) is 0 Å². The molecule has 0 unspecified atom stereocenters. The number of carbonyl (C=O) groups excluding carboxylic acids is 1. The van der Waals surface area contributed by atoms with Gasteiger partial charge in [0.25, 0.3) is 11.5 Å². The van der Waals surface area contributed by atoms with Crippen molar-refractivity contribution in [1.82, 2.24) is 9.88 Å². The highest BCUT2D eigenvalue weighted by Crippen LogP contribution is 2.15. The van der Waals surface area contributed by atoms with Gasteiger partial charge in [-0.3, -0.25) is 9.59 Å². The molecule has 5 heteroatoms. The Hall–Kier alpha value is -2.92. The van der Waals surface area contributed by atoms with E-state index < -0.39 is 0 Å². The lowest BCUT2D eigenvalue weighted by atomic mass is 10.1. The predicted molar refractivity (Wildman–Crippen MR) is 103 cm³/mol. The minimum atomic E-state index is -0.183. The van der Waals surface area contributed by atoms with Gasteiger partial charge in [-0.25, -0.2) is 0 Å². The minimum absolute atomic E-state index is 0.144. The summed E-state index contributed by atoms with van der Waals surface area (Å²) in [6.45, 7) is 1.38. The summed E-state index contributed by atoms with van der Waals surface area (Å²) in [5, 5.41) is 5.32. The number of nitrogens with one attached hydrogen (secondary N) is 1. The predicted octanol–water partition coefficient (Wildman–Crippen LogP) is 2.62. The van der Waals surface area contributed by atoms with Crippen molar-refractivity contribution in [1.29, 1.82) is 0 Å². The van der Waals surface area contributed by atoms with Crippen molar-refractivity contribution in [2.45, 2.75) is 13.0 Å². The van der Waals surface area contributed by atoms with Crippen molar-refractivity contribution >= 4 is 16.7 Å². The van der Waals surface area contributed by atoms with E-state index in [1.54, 1.807) is 19.4 Å². The number of hydrogen-bond donors (Lipinski definition) is 1. The van der Waals surface area contributed by atoms with Crippen LogP contribution in [0.4, 0.5) is 0 Å². The highest BCUT2D eigenvalue weighted by Gasteiger charge is 2.07. The van der Waals surface area contributed by atoms with Gasteiger partial charge in [0, 0.05) is 32.5 Å². The maximum atomic E-state index is 12.3. The molecule has 2 aromatic carbocycles. The molecule has 134 valence electrons. The van der Waals surface area contributed by atoms with Gasteiger partial charge < -0.3 is 14.6 Å². The van der Waals surface area contributed by atoms with Crippen LogP contribution in [0.3, 0.4) is 0 Å². The van der Waals surface area contributed by atoms with E-state index in [4.69, 9.17) is 4.74 Å². The van der Waals surface area contributed by atoms with Gasteiger partial charge in [0.05, 0.1) is 12.2 Å². The summed E-state index contributed by atoms with van der Waals surface area (Å²) < 4.78 is 6.47. The van der Waals surface area contributed by atoms with Gasteiger partial charge in [0.2, 0.25) is 0 Å². The van der Waals surface area contributed by atoms with Crippen molar-refractivity contribution < 1.29 is 9.53 Å². The van der Waals surface area contributed by atoms with Gasteiger partial charge in [-0.1, -0.05) is 42.5 Å². The van der Waals surface area contributed by atoms with Gasteiger partial charge in [-0.05, 0) is 28.8 Å². The highest BCUT2D eigenvalue weighted by molar-refractivity contribution is 5.93. The Morgan fingerprint density at radius 2 is 1.88 bits per heavy atom. The maximum Gasteiger partial charge on any atom is 0.252 e. The first-order chi connectivity index (χ1) is 12.7. The quantitative estimate of drug-likeness (QED) is 0.713. The van der Waals surface area contributed by atoms with E-state index in [-0.39, 0.29) is 11.5 Å². The Morgan fingerprint density at radius 3 is 2.69 bits per heavy atom. The van der Waals surface area contributed by atoms with Crippen LogP contribution in [0, 0.1) is 0 Å². The van der Waals surface area contributed by atoms with Crippen molar-refractivity contribution in [2.24, 2.45) is 0 Å². The average Bonchev–Trinajstić information content (AvgIpc) is 2.67. The molecule has 0 radical (unpaired) electrons. The number of aromatic nitrogens is 1. The number of fused-ring (bicyclic) bond motifs is 1. The van der Waals surface area contributed by atoms with E-state index in [1.165, 1.54) is 27.0 Å². The first kappa shape index (κ1) is 17.9. The van der Waals surface area contributed by atoms with Crippen molar-refractivity contribution in [3.05, 3.63) is 82.3 Å². The number of carbonyl (C=O) groups is 1. The molecule has 0 aliphatic carbocycles. The van der Waals surface area contributed by atoms with E-state index in [0.29, 0.717) is 25.3 Å². The normalized spacial score (nSPS) is 10.8. The second kappa shape index (κ2) is 8.45. The lowest BCUT2D eigenvalue weighted by molar-refractivity contribution is 0.0953. The molecule has 3 rings (SSSR count). The van der Waals surface area contributed by atoms with E-state index in [2.05, 4.69) is 35.6 Å². The molecule has 0 aliphatic rings. The number of nitrogens with zero attached hydrogens (tertiary/aromatic N) is 1. The number of hydrogen-bond acceptors (Lipinski definition) is 3. The molecule has 1 amide bonds. The monoisotopic (exact) mass is 350 g/mol. The minimum Gasteiger partial charge on any atom is -0.383 e. The zero-order valence-corrected chi connectivity index (χ0v) is 14.8. The van der Waals surface area contributed by atoms with E-state index >= 15 is 0 Å². The number of rotatable bonds is 7. The van der Waals surface area contributed by atoms with Crippen LogP contribution in [-0.4, -0.2) is 30.7 Å². The van der Waals surface area contributed by atoms with Crippen molar-refractivity contribution in [2.75, 3.05) is 20.3 Å². The molecule has 0 saturated heterocycles. The third-order valence-electron chi connectivity index (χ3n) is 4.30. The summed E-state index contributed by atoms with van der Waals surface area (Å²) in [6.07, 6.45) is 2.33. The summed E-state index contributed by atoms with van der Waals surface area (Å²) in [4.78, 5) is 24.1. The fourth-order valence-electron chi connectivity index (χ4n) is 2.85. The van der Waals surface area contributed by atoms with E-state index in [9.17, 15) is 9.59 Å². The van der Waals surface area contributed by atoms with Crippen LogP contribution < -0.4 is 10.9 Å². The van der Waals surface area contributed by atoms with Crippen LogP contribution in [0.15, 0.2) is 65.6 Å². The third-order valence-corrected chi connectivity index (χ3v) is 4.30. The molecule has 0 atom stereocenters. The SMILES string of the molecule is COCCn1cc(C(=O)NCCc2ccc3ccccc3c2)ccc1=O. The van der Waals surface area contributed by atoms with Gasteiger partial charge in [0.1, 0.15) is 0 Å². The zero-order valence-electron chi connectivity index (χ0n) is 14.8. The molecule has 1 aromatic heterocycles. The lowest BCUT2D eigenvalue weighted by Gasteiger charge is -2.09. The second-order valence-electron chi connectivity index (χ2n) is 6.13. The van der Waals surface area contributed by atoms with Gasteiger partial charge in [-0.2, -0.15) is 0 Å². The van der Waals surface area contributed by atoms with Crippen LogP contribution >= 0.6 is 0 Å². The molecular weight excluding hydrogens is 328 g/mol. The number of pyridine rings is 1. The molecule has 26 heavy (non-hydrogen) atoms. The molecule has 3 aromatic rings. The molecule has 0 spiro atoms. The molecule has 1 heterocycles. The fraction of sp³-hybridized carbons (Fsp3) is 0.238. The summed E-state index contributed by atoms with van der Waals surface area (Å²) in [6, 6.07) is 17.5. The topological polar surface area (TPSA) is 60.3 Å². The largest absolute Gasteiger partial charge is 0.383 e. The summed E-state index contributed by atoms with van der Waals surface area (Å²) >= 11 is 0. The number of methoxy groups -OCH3 is 1. The second-order valence-corrected chi connectivity index (χ2v) is 6.13. The van der Waals surface area contributed by atoms with Crippen molar-refractivity contribution in [3.8, 4) is 0 Å². The van der Waals surface area contributed by atoms with Crippen LogP contribution in [0.2, 0.25) is 0 Å². The van der Waals surface area contributed by atoms with E-state index in [1.807, 2.05) is 12.1 Å². The fourth-order valence-corrected chi connectivity index (χ4v) is 2.85. The molecule has 0 fully saturated rings. The van der Waals surface area contributed by atoms with Crippen LogP contribution in [0.1, 0.15) is 15.9 Å². The molecule has 5 nitrogen and oxygen atoms in total. The Kier molecular flexibility index (Phi) is 5.81. The number of ether oxygens (including phenoxy) is 1. The number of amides is 1. The Morgan fingerprint density at radius 1 is 1.08 bits per heavy atom. The molecular formula is C21H22N2O3. The van der Waals surface area contributed by atoms with Gasteiger partial charge in [0.15, 0.2) is 0 Å². The first-order valence-electron chi connectivity index (χ1n) is 8.63. The van der Waals surface area contributed by atoms with Gasteiger partial charge >= 0.3 is 0 Å². The van der Waals surface area contributed by atoms with Crippen LogP contribution in [0.5, 0.6) is 0 Å². The van der Waals surface area contributed by atoms with Crippen LogP contribution in [0.25, 0.3) is 10.8 Å². The average molecular weight is 350 g/mol. The standard InChI is InChI=1S/C21H22N2O3/c1-26-13-12-23-15-19(8-9-20(23)24)21(25)22-11-10-16-6-7-17-4-2-3-5-18(17)14-16/h2-9,14-15H,10-13H2,1H3,(H,22,25). The molecule has 1 N–H and O–H groups in total. The summed E-state index contributed by atoms with van der Waals surface area (Å²) in [5.41, 5.74) is 1.50. The highest BCUT2D eigenvalue weighted by atomic mass is 16.5. The van der Waals surface area contributed by atoms with E-state index in [0.717, 1.165) is 6.42 Å².